The van der Waals surface area contributed by atoms with E-state index in [1.54, 1.807) is 0 Å². The van der Waals surface area contributed by atoms with Crippen molar-refractivity contribution < 1.29 is 4.79 Å². The van der Waals surface area contributed by atoms with Gasteiger partial charge >= 0.3 is 0 Å². The lowest BCUT2D eigenvalue weighted by molar-refractivity contribution is -0.123. The van der Waals surface area contributed by atoms with Gasteiger partial charge in [0.15, 0.2) is 0 Å². The van der Waals surface area contributed by atoms with Crippen LogP contribution in [0.15, 0.2) is 24.3 Å². The van der Waals surface area contributed by atoms with Gasteiger partial charge in [0.05, 0.1) is 11.4 Å². The topological polar surface area (TPSA) is 29.1 Å². The predicted molar refractivity (Wildman–Crippen MR) is 74.7 cm³/mol. The first-order chi connectivity index (χ1) is 8.37. The van der Waals surface area contributed by atoms with E-state index in [1.165, 1.54) is 11.1 Å². The standard InChI is InChI=1S/C15H20ClNO/c1-15(2,3)9-13(18)17-14-11-7-5-4-6-10(11)8-12(14)16/h4-7,12,14H,8-9H2,1-3H3,(H,17,18). The van der Waals surface area contributed by atoms with Gasteiger partial charge in [-0.15, -0.1) is 11.6 Å². The molecule has 1 aliphatic carbocycles. The second kappa shape index (κ2) is 4.93. The average Bonchev–Trinajstić information content (AvgIpc) is 2.53. The normalized spacial score (nSPS) is 22.7. The Morgan fingerprint density at radius 2 is 2.06 bits per heavy atom. The highest BCUT2D eigenvalue weighted by Crippen LogP contribution is 2.35. The Morgan fingerprint density at radius 3 is 2.72 bits per heavy atom. The maximum absolute atomic E-state index is 12.0. The molecule has 0 saturated heterocycles. The van der Waals surface area contributed by atoms with Crippen molar-refractivity contribution in [1.82, 2.24) is 5.32 Å². The van der Waals surface area contributed by atoms with Crippen LogP contribution in [0.5, 0.6) is 0 Å². The SMILES string of the molecule is CC(C)(C)CC(=O)NC1c2ccccc2CC1Cl. The molecular weight excluding hydrogens is 246 g/mol. The monoisotopic (exact) mass is 265 g/mol. The third-order valence-corrected chi connectivity index (χ3v) is 3.58. The summed E-state index contributed by atoms with van der Waals surface area (Å²) in [6.45, 7) is 6.19. The number of benzene rings is 1. The highest BCUT2D eigenvalue weighted by molar-refractivity contribution is 6.21. The van der Waals surface area contributed by atoms with Gasteiger partial charge in [0, 0.05) is 6.42 Å². The first-order valence-electron chi connectivity index (χ1n) is 6.38. The molecule has 0 heterocycles. The Hall–Kier alpha value is -1.02. The lowest BCUT2D eigenvalue weighted by Gasteiger charge is -2.22. The highest BCUT2D eigenvalue weighted by atomic mass is 35.5. The van der Waals surface area contributed by atoms with Crippen LogP contribution in [0, 0.1) is 5.41 Å². The fourth-order valence-corrected chi connectivity index (χ4v) is 2.79. The van der Waals surface area contributed by atoms with Crippen molar-refractivity contribution in [3.8, 4) is 0 Å². The van der Waals surface area contributed by atoms with Crippen LogP contribution in [-0.4, -0.2) is 11.3 Å². The lowest BCUT2D eigenvalue weighted by atomic mass is 9.91. The number of hydrogen-bond donors (Lipinski definition) is 1. The van der Waals surface area contributed by atoms with Crippen molar-refractivity contribution in [2.75, 3.05) is 0 Å². The van der Waals surface area contributed by atoms with Crippen LogP contribution >= 0.6 is 11.6 Å². The van der Waals surface area contributed by atoms with Crippen molar-refractivity contribution in [3.05, 3.63) is 35.4 Å². The van der Waals surface area contributed by atoms with E-state index in [0.29, 0.717) is 6.42 Å². The summed E-state index contributed by atoms with van der Waals surface area (Å²) in [6, 6.07) is 8.11. The van der Waals surface area contributed by atoms with E-state index in [2.05, 4.69) is 38.2 Å². The minimum absolute atomic E-state index is 0.00398. The first kappa shape index (κ1) is 13.4. The maximum Gasteiger partial charge on any atom is 0.221 e. The molecule has 0 spiro atoms. The minimum Gasteiger partial charge on any atom is -0.348 e. The third-order valence-electron chi connectivity index (χ3n) is 3.17. The Kier molecular flexibility index (Phi) is 3.67. The van der Waals surface area contributed by atoms with Crippen LogP contribution in [0.2, 0.25) is 0 Å². The van der Waals surface area contributed by atoms with Gasteiger partial charge in [-0.25, -0.2) is 0 Å². The minimum atomic E-state index is -0.0438. The zero-order valence-electron chi connectivity index (χ0n) is 11.2. The molecule has 3 heteroatoms. The van der Waals surface area contributed by atoms with Gasteiger partial charge < -0.3 is 5.32 Å². The van der Waals surface area contributed by atoms with Crippen molar-refractivity contribution in [2.45, 2.75) is 45.0 Å². The number of alkyl halides is 1. The second-order valence-corrected chi connectivity index (χ2v) is 6.76. The molecule has 1 aliphatic rings. The molecule has 98 valence electrons. The maximum atomic E-state index is 12.0. The molecule has 2 unspecified atom stereocenters. The molecule has 1 N–H and O–H groups in total. The summed E-state index contributed by atoms with van der Waals surface area (Å²) in [5.41, 5.74) is 2.42. The van der Waals surface area contributed by atoms with Gasteiger partial charge in [-0.1, -0.05) is 45.0 Å². The van der Waals surface area contributed by atoms with E-state index in [0.717, 1.165) is 6.42 Å². The second-order valence-electron chi connectivity index (χ2n) is 6.20. The number of amides is 1. The molecule has 0 aliphatic heterocycles. The van der Waals surface area contributed by atoms with Gasteiger partial charge in [-0.05, 0) is 23.0 Å². The molecule has 1 aromatic rings. The predicted octanol–water partition coefficient (Wildman–Crippen LogP) is 3.44. The molecule has 0 fully saturated rings. The van der Waals surface area contributed by atoms with Gasteiger partial charge in [-0.3, -0.25) is 4.79 Å². The Bertz CT molecular complexity index is 450. The first-order valence-corrected chi connectivity index (χ1v) is 6.82. The van der Waals surface area contributed by atoms with Crippen molar-refractivity contribution in [3.63, 3.8) is 0 Å². The van der Waals surface area contributed by atoms with Crippen LogP contribution in [0.3, 0.4) is 0 Å². The van der Waals surface area contributed by atoms with Crippen molar-refractivity contribution in [1.29, 1.82) is 0 Å². The fourth-order valence-electron chi connectivity index (χ4n) is 2.42. The summed E-state index contributed by atoms with van der Waals surface area (Å²) in [6.07, 6.45) is 1.35. The molecule has 0 saturated carbocycles. The number of carbonyl (C=O) groups is 1. The average molecular weight is 266 g/mol. The molecule has 1 aromatic carbocycles. The van der Waals surface area contributed by atoms with Crippen molar-refractivity contribution >= 4 is 17.5 Å². The number of nitrogens with one attached hydrogen (secondary N) is 1. The van der Waals surface area contributed by atoms with Crippen molar-refractivity contribution in [2.24, 2.45) is 5.41 Å². The fraction of sp³-hybridized carbons (Fsp3) is 0.533. The van der Waals surface area contributed by atoms with Gasteiger partial charge in [0.25, 0.3) is 0 Å². The Balaban J connectivity index is 2.08. The number of carbonyl (C=O) groups excluding carboxylic acids is 1. The zero-order chi connectivity index (χ0) is 13.3. The van der Waals surface area contributed by atoms with Crippen LogP contribution < -0.4 is 5.32 Å². The highest BCUT2D eigenvalue weighted by Gasteiger charge is 2.32. The van der Waals surface area contributed by atoms with Gasteiger partial charge in [-0.2, -0.15) is 0 Å². The molecular formula is C15H20ClNO. The quantitative estimate of drug-likeness (QED) is 0.816. The summed E-state index contributed by atoms with van der Waals surface area (Å²) in [5.74, 6) is 0.0786. The van der Waals surface area contributed by atoms with E-state index >= 15 is 0 Å². The van der Waals surface area contributed by atoms with E-state index in [9.17, 15) is 4.79 Å². The Labute approximate surface area is 114 Å². The van der Waals surface area contributed by atoms with Crippen LogP contribution in [0.4, 0.5) is 0 Å². The van der Waals surface area contributed by atoms with E-state index in [-0.39, 0.29) is 22.7 Å². The molecule has 0 bridgehead atoms. The number of hydrogen-bond acceptors (Lipinski definition) is 1. The van der Waals surface area contributed by atoms with E-state index < -0.39 is 0 Å². The van der Waals surface area contributed by atoms with Gasteiger partial charge in [0.1, 0.15) is 0 Å². The summed E-state index contributed by atoms with van der Waals surface area (Å²) in [7, 11) is 0. The molecule has 1 amide bonds. The molecule has 0 aromatic heterocycles. The zero-order valence-corrected chi connectivity index (χ0v) is 11.9. The van der Waals surface area contributed by atoms with E-state index in [4.69, 9.17) is 11.6 Å². The number of rotatable bonds is 2. The summed E-state index contributed by atoms with van der Waals surface area (Å²) in [4.78, 5) is 12.0. The van der Waals surface area contributed by atoms with Gasteiger partial charge in [0.2, 0.25) is 5.91 Å². The smallest absolute Gasteiger partial charge is 0.221 e. The summed E-state index contributed by atoms with van der Waals surface area (Å²) >= 11 is 6.34. The molecule has 2 rings (SSSR count). The van der Waals surface area contributed by atoms with E-state index in [1.807, 2.05) is 12.1 Å². The summed E-state index contributed by atoms with van der Waals surface area (Å²) < 4.78 is 0. The van der Waals surface area contributed by atoms with Crippen LogP contribution in [0.25, 0.3) is 0 Å². The molecule has 2 nitrogen and oxygen atoms in total. The Morgan fingerprint density at radius 1 is 1.39 bits per heavy atom. The third kappa shape index (κ3) is 3.05. The van der Waals surface area contributed by atoms with Crippen LogP contribution in [-0.2, 0) is 11.2 Å². The number of halogens is 1. The molecule has 0 radical (unpaired) electrons. The summed E-state index contributed by atoms with van der Waals surface area (Å²) in [5, 5.41) is 3.03. The number of fused-ring (bicyclic) bond motifs is 1. The lowest BCUT2D eigenvalue weighted by Crippen LogP contribution is -2.34. The largest absolute Gasteiger partial charge is 0.348 e. The molecule has 18 heavy (non-hydrogen) atoms. The van der Waals surface area contributed by atoms with Crippen LogP contribution in [0.1, 0.15) is 44.4 Å². The molecule has 2 atom stereocenters.